The van der Waals surface area contributed by atoms with Gasteiger partial charge < -0.3 is 14.2 Å². The number of ketones is 1. The largest absolute Gasteiger partial charge is 0.485 e. The van der Waals surface area contributed by atoms with E-state index in [1.165, 1.54) is 6.08 Å². The van der Waals surface area contributed by atoms with Crippen LogP contribution in [-0.2, 0) is 19.1 Å². The normalized spacial score (nSPS) is 9.38. The second-order valence-corrected chi connectivity index (χ2v) is 5.53. The Balaban J connectivity index is 1.91. The van der Waals surface area contributed by atoms with Gasteiger partial charge >= 0.3 is 11.9 Å². The number of carbonyl (C=O) groups excluding carboxylic acids is 3. The van der Waals surface area contributed by atoms with Crippen LogP contribution in [0.25, 0.3) is 0 Å². The lowest BCUT2D eigenvalue weighted by molar-refractivity contribution is -0.146. The molecule has 146 valence electrons. The summed E-state index contributed by atoms with van der Waals surface area (Å²) in [6.07, 6.45) is 2.19. The van der Waals surface area contributed by atoms with Crippen molar-refractivity contribution in [3.63, 3.8) is 0 Å². The van der Waals surface area contributed by atoms with Crippen LogP contribution in [0.5, 0.6) is 5.75 Å². The molecule has 29 heavy (non-hydrogen) atoms. The van der Waals surface area contributed by atoms with Crippen molar-refractivity contribution >= 4 is 17.7 Å². The molecule has 0 fully saturated rings. The van der Waals surface area contributed by atoms with Gasteiger partial charge in [-0.05, 0) is 54.6 Å². The topological polar surface area (TPSA) is 78.9 Å². The van der Waals surface area contributed by atoms with E-state index >= 15 is 0 Å². The highest BCUT2D eigenvalue weighted by Crippen LogP contribution is 2.12. The first-order valence-electron chi connectivity index (χ1n) is 8.48. The van der Waals surface area contributed by atoms with E-state index in [1.807, 2.05) is 0 Å². The van der Waals surface area contributed by atoms with Gasteiger partial charge in [-0.1, -0.05) is 25.0 Å². The quantitative estimate of drug-likeness (QED) is 0.298. The third kappa shape index (κ3) is 7.19. The summed E-state index contributed by atoms with van der Waals surface area (Å²) in [4.78, 5) is 33.9. The van der Waals surface area contributed by atoms with Crippen LogP contribution in [0.3, 0.4) is 0 Å². The molecule has 0 radical (unpaired) electrons. The Bertz CT molecular complexity index is 959. The Morgan fingerprint density at radius 1 is 0.828 bits per heavy atom. The molecule has 6 nitrogen and oxygen atoms in total. The lowest BCUT2D eigenvalue weighted by atomic mass is 10.1. The van der Waals surface area contributed by atoms with Crippen LogP contribution in [0.1, 0.15) is 21.5 Å². The van der Waals surface area contributed by atoms with Crippen molar-refractivity contribution < 1.29 is 28.6 Å². The van der Waals surface area contributed by atoms with E-state index in [0.717, 1.165) is 11.6 Å². The molecular weight excluding hydrogens is 372 g/mol. The van der Waals surface area contributed by atoms with E-state index in [-0.39, 0.29) is 12.4 Å². The van der Waals surface area contributed by atoms with Gasteiger partial charge in [0, 0.05) is 17.2 Å². The monoisotopic (exact) mass is 390 g/mol. The summed E-state index contributed by atoms with van der Waals surface area (Å²) >= 11 is 0. The predicted octanol–water partition coefficient (Wildman–Crippen LogP) is 3.06. The second-order valence-electron chi connectivity index (χ2n) is 5.53. The third-order valence-electron chi connectivity index (χ3n) is 3.49. The average molecular weight is 390 g/mol. The van der Waals surface area contributed by atoms with Crippen LogP contribution in [-0.4, -0.2) is 31.1 Å². The number of esters is 2. The molecule has 0 aliphatic rings. The molecule has 2 rings (SSSR count). The minimum Gasteiger partial charge on any atom is -0.485 e. The van der Waals surface area contributed by atoms with Gasteiger partial charge in [0.2, 0.25) is 6.79 Å². The molecular formula is C23H18O6. The summed E-state index contributed by atoms with van der Waals surface area (Å²) in [7, 11) is 0. The summed E-state index contributed by atoms with van der Waals surface area (Å²) in [6, 6.07) is 13.5. The lowest BCUT2D eigenvalue weighted by Crippen LogP contribution is -2.11. The lowest BCUT2D eigenvalue weighted by Gasteiger charge is -2.04. The summed E-state index contributed by atoms with van der Waals surface area (Å²) in [5, 5.41) is 0. The van der Waals surface area contributed by atoms with Gasteiger partial charge in [0.05, 0.1) is 5.56 Å². The van der Waals surface area contributed by atoms with Crippen molar-refractivity contribution in [1.29, 1.82) is 0 Å². The maximum absolute atomic E-state index is 11.8. The molecule has 0 atom stereocenters. The number of hydrogen-bond donors (Lipinski definition) is 0. The van der Waals surface area contributed by atoms with Crippen molar-refractivity contribution in [2.75, 3.05) is 13.4 Å². The maximum Gasteiger partial charge on any atom is 0.341 e. The van der Waals surface area contributed by atoms with Crippen LogP contribution in [0.4, 0.5) is 0 Å². The van der Waals surface area contributed by atoms with Crippen LogP contribution in [0.2, 0.25) is 0 Å². The van der Waals surface area contributed by atoms with Crippen molar-refractivity contribution in [3.05, 3.63) is 90.5 Å². The molecule has 0 bridgehead atoms. The van der Waals surface area contributed by atoms with Crippen molar-refractivity contribution in [2.45, 2.75) is 0 Å². The summed E-state index contributed by atoms with van der Waals surface area (Å²) < 4.78 is 14.7. The van der Waals surface area contributed by atoms with E-state index in [2.05, 4.69) is 29.7 Å². The highest BCUT2D eigenvalue weighted by molar-refractivity contribution is 5.90. The Hall–Kier alpha value is -4.11. The van der Waals surface area contributed by atoms with Gasteiger partial charge in [-0.3, -0.25) is 4.79 Å². The van der Waals surface area contributed by atoms with E-state index in [4.69, 9.17) is 9.47 Å². The maximum atomic E-state index is 11.8. The average Bonchev–Trinajstić information content (AvgIpc) is 2.76. The molecule has 0 aromatic heterocycles. The SMILES string of the molecule is C=CC(=O)COc1ccc(C#Cc2ccc(C(=O)OCOC(=O)C=C)cc2)cc1. The molecule has 0 saturated heterocycles. The fourth-order valence-corrected chi connectivity index (χ4v) is 1.97. The number of carbonyl (C=O) groups is 3. The first-order valence-corrected chi connectivity index (χ1v) is 8.48. The molecule has 0 saturated carbocycles. The van der Waals surface area contributed by atoms with E-state index in [0.29, 0.717) is 16.9 Å². The second kappa shape index (κ2) is 10.9. The van der Waals surface area contributed by atoms with Crippen LogP contribution in [0, 0.1) is 11.8 Å². The molecule has 6 heteroatoms. The molecule has 0 spiro atoms. The number of ether oxygens (including phenoxy) is 3. The molecule has 0 N–H and O–H groups in total. The zero-order valence-electron chi connectivity index (χ0n) is 15.6. The van der Waals surface area contributed by atoms with Crippen LogP contribution in [0.15, 0.2) is 73.8 Å². The van der Waals surface area contributed by atoms with Gasteiger partial charge in [0.25, 0.3) is 0 Å². The molecule has 0 aliphatic carbocycles. The van der Waals surface area contributed by atoms with Gasteiger partial charge in [0.15, 0.2) is 12.4 Å². The van der Waals surface area contributed by atoms with Crippen molar-refractivity contribution in [2.24, 2.45) is 0 Å². The standard InChI is InChI=1S/C23H18O6/c1-3-20(24)15-27-21-13-9-18(10-14-21)6-5-17-7-11-19(12-8-17)23(26)29-16-28-22(25)4-2/h3-4,7-14H,1-2,15-16H2. The smallest absolute Gasteiger partial charge is 0.341 e. The highest BCUT2D eigenvalue weighted by Gasteiger charge is 2.07. The fourth-order valence-electron chi connectivity index (χ4n) is 1.97. The third-order valence-corrected chi connectivity index (χ3v) is 3.49. The highest BCUT2D eigenvalue weighted by atomic mass is 16.7. The number of benzene rings is 2. The summed E-state index contributed by atoms with van der Waals surface area (Å²) in [5.41, 5.74) is 1.78. The summed E-state index contributed by atoms with van der Waals surface area (Å²) in [5.74, 6) is 5.05. The first kappa shape index (κ1) is 21.2. The minimum atomic E-state index is -0.673. The van der Waals surface area contributed by atoms with Crippen molar-refractivity contribution in [1.82, 2.24) is 0 Å². The molecule has 0 unspecified atom stereocenters. The molecule has 0 heterocycles. The van der Waals surface area contributed by atoms with E-state index in [1.54, 1.807) is 48.5 Å². The number of rotatable bonds is 8. The zero-order chi connectivity index (χ0) is 21.1. The fraction of sp³-hybridized carbons (Fsp3) is 0.0870. The Morgan fingerprint density at radius 2 is 1.41 bits per heavy atom. The van der Waals surface area contributed by atoms with Gasteiger partial charge in [-0.25, -0.2) is 9.59 Å². The summed E-state index contributed by atoms with van der Waals surface area (Å²) in [6.45, 7) is 6.09. The zero-order valence-corrected chi connectivity index (χ0v) is 15.6. The van der Waals surface area contributed by atoms with E-state index < -0.39 is 18.7 Å². The predicted molar refractivity (Wildman–Crippen MR) is 106 cm³/mol. The Morgan fingerprint density at radius 3 is 1.97 bits per heavy atom. The van der Waals surface area contributed by atoms with E-state index in [9.17, 15) is 14.4 Å². The van der Waals surface area contributed by atoms with Crippen LogP contribution < -0.4 is 4.74 Å². The molecule has 2 aromatic carbocycles. The Labute approximate surface area is 168 Å². The van der Waals surface area contributed by atoms with Crippen molar-refractivity contribution in [3.8, 4) is 17.6 Å². The molecule has 2 aromatic rings. The van der Waals surface area contributed by atoms with Gasteiger partial charge in [0.1, 0.15) is 5.75 Å². The van der Waals surface area contributed by atoms with Crippen LogP contribution >= 0.6 is 0 Å². The van der Waals surface area contributed by atoms with Gasteiger partial charge in [-0.2, -0.15) is 0 Å². The van der Waals surface area contributed by atoms with Gasteiger partial charge in [-0.15, -0.1) is 0 Å². The number of hydrogen-bond acceptors (Lipinski definition) is 6. The molecule has 0 amide bonds. The first-order chi connectivity index (χ1) is 14.0. The molecule has 0 aliphatic heterocycles. The minimum absolute atomic E-state index is 0.0556. The Kier molecular flexibility index (Phi) is 7.96.